The number of nitrogens with zero attached hydrogens (tertiary/aromatic N) is 3. The number of likely N-dealkylation sites (tertiary alicyclic amines) is 1. The summed E-state index contributed by atoms with van der Waals surface area (Å²) in [6, 6.07) is 12.4. The molecule has 9 heteroatoms. The first kappa shape index (κ1) is 20.9. The normalized spacial score (nSPS) is 15.7. The molecular formula is C22H21FN4O3S. The van der Waals surface area contributed by atoms with Crippen molar-refractivity contribution in [1.29, 1.82) is 0 Å². The summed E-state index contributed by atoms with van der Waals surface area (Å²) in [5.74, 6) is -0.377. The summed E-state index contributed by atoms with van der Waals surface area (Å²) >= 11 is 1.16. The number of aromatic nitrogens is 2. The average Bonchev–Trinajstić information content (AvgIpc) is 3.45. The van der Waals surface area contributed by atoms with E-state index in [9.17, 15) is 14.0 Å². The van der Waals surface area contributed by atoms with Crippen LogP contribution in [0.3, 0.4) is 0 Å². The first-order valence-corrected chi connectivity index (χ1v) is 10.8. The Hall–Kier alpha value is -3.33. The van der Waals surface area contributed by atoms with Crippen LogP contribution < -0.4 is 10.1 Å². The Balaban J connectivity index is 1.51. The molecule has 2 heterocycles. The number of ether oxygens (including phenoxy) is 1. The summed E-state index contributed by atoms with van der Waals surface area (Å²) in [4.78, 5) is 27.5. The van der Waals surface area contributed by atoms with Crippen molar-refractivity contribution in [1.82, 2.24) is 15.1 Å². The van der Waals surface area contributed by atoms with Crippen molar-refractivity contribution < 1.29 is 18.7 Å². The van der Waals surface area contributed by atoms with Crippen molar-refractivity contribution in [3.63, 3.8) is 0 Å². The van der Waals surface area contributed by atoms with Gasteiger partial charge in [-0.25, -0.2) is 4.39 Å². The second kappa shape index (κ2) is 9.22. The number of hydrogen-bond acceptors (Lipinski definition) is 6. The number of amides is 2. The smallest absolute Gasteiger partial charge is 0.286 e. The van der Waals surface area contributed by atoms with Crippen molar-refractivity contribution in [2.24, 2.45) is 0 Å². The van der Waals surface area contributed by atoms with Crippen LogP contribution in [0, 0.1) is 5.82 Å². The summed E-state index contributed by atoms with van der Waals surface area (Å²) in [6.07, 6.45) is 1.58. The first-order chi connectivity index (χ1) is 15.1. The van der Waals surface area contributed by atoms with E-state index in [2.05, 4.69) is 15.5 Å². The Labute approximate surface area is 182 Å². The van der Waals surface area contributed by atoms with Gasteiger partial charge >= 0.3 is 0 Å². The Morgan fingerprint density at radius 3 is 2.74 bits per heavy atom. The maximum Gasteiger partial charge on any atom is 0.286 e. The molecule has 0 radical (unpaired) electrons. The summed E-state index contributed by atoms with van der Waals surface area (Å²) < 4.78 is 18.7. The third kappa shape index (κ3) is 4.56. The number of hydrogen-bond donors (Lipinski definition) is 1. The fourth-order valence-electron chi connectivity index (χ4n) is 3.52. The molecule has 1 aliphatic rings. The van der Waals surface area contributed by atoms with Crippen molar-refractivity contribution in [2.75, 3.05) is 18.5 Å². The molecule has 1 aliphatic heterocycles. The molecule has 3 aromatic rings. The van der Waals surface area contributed by atoms with Gasteiger partial charge in [-0.15, -0.1) is 10.2 Å². The monoisotopic (exact) mass is 440 g/mol. The number of rotatable bonds is 6. The molecule has 0 saturated carbocycles. The highest BCUT2D eigenvalue weighted by Gasteiger charge is 2.34. The van der Waals surface area contributed by atoms with Gasteiger partial charge in [-0.2, -0.15) is 0 Å². The quantitative estimate of drug-likeness (QED) is 0.618. The van der Waals surface area contributed by atoms with Crippen LogP contribution in [-0.4, -0.2) is 40.1 Å². The summed E-state index contributed by atoms with van der Waals surface area (Å²) in [5, 5.41) is 11.7. The van der Waals surface area contributed by atoms with Crippen molar-refractivity contribution >= 4 is 28.8 Å². The standard InChI is InChI=1S/C22H21FN4O3S/c1-2-30-18-8-4-3-6-16(18)22(29)27-13-5-7-17(27)20-25-26-21(31-20)19(28)24-15-11-9-14(23)10-12-15/h3-4,6,8-12,17H,2,5,7,13H2,1H3,(H,24,28)/t17-/m1/s1. The fraction of sp³-hybridized carbons (Fsp3) is 0.273. The molecule has 0 aliphatic carbocycles. The maximum atomic E-state index is 13.2. The molecule has 0 unspecified atom stereocenters. The lowest BCUT2D eigenvalue weighted by Crippen LogP contribution is -2.30. The number of halogens is 1. The topological polar surface area (TPSA) is 84.4 Å². The number of benzene rings is 2. The molecule has 2 amide bonds. The van der Waals surface area contributed by atoms with E-state index in [1.54, 1.807) is 17.0 Å². The Bertz CT molecular complexity index is 1090. The molecule has 1 N–H and O–H groups in total. The van der Waals surface area contributed by atoms with E-state index in [0.717, 1.165) is 24.2 Å². The van der Waals surface area contributed by atoms with E-state index in [0.29, 0.717) is 35.2 Å². The molecular weight excluding hydrogens is 419 g/mol. The van der Waals surface area contributed by atoms with Crippen LogP contribution in [0.4, 0.5) is 10.1 Å². The van der Waals surface area contributed by atoms with Gasteiger partial charge in [0.2, 0.25) is 5.01 Å². The Morgan fingerprint density at radius 1 is 1.19 bits per heavy atom. The third-order valence-electron chi connectivity index (χ3n) is 4.95. The maximum absolute atomic E-state index is 13.2. The van der Waals surface area contributed by atoms with Crippen LogP contribution in [0.5, 0.6) is 5.75 Å². The largest absolute Gasteiger partial charge is 0.493 e. The van der Waals surface area contributed by atoms with Crippen molar-refractivity contribution in [2.45, 2.75) is 25.8 Å². The zero-order valence-corrected chi connectivity index (χ0v) is 17.7. The minimum Gasteiger partial charge on any atom is -0.493 e. The van der Waals surface area contributed by atoms with Crippen molar-refractivity contribution in [3.8, 4) is 5.75 Å². The second-order valence-electron chi connectivity index (χ2n) is 6.99. The van der Waals surface area contributed by atoms with Crippen LogP contribution in [-0.2, 0) is 0 Å². The number of para-hydroxylation sites is 1. The van der Waals surface area contributed by atoms with E-state index in [1.165, 1.54) is 24.3 Å². The van der Waals surface area contributed by atoms with Crippen LogP contribution in [0.2, 0.25) is 0 Å². The zero-order valence-electron chi connectivity index (χ0n) is 16.9. The van der Waals surface area contributed by atoms with Gasteiger partial charge in [0.1, 0.15) is 16.6 Å². The zero-order chi connectivity index (χ0) is 21.8. The van der Waals surface area contributed by atoms with Gasteiger partial charge in [0.05, 0.1) is 18.2 Å². The minimum absolute atomic E-state index is 0.126. The molecule has 31 heavy (non-hydrogen) atoms. The minimum atomic E-state index is -0.423. The van der Waals surface area contributed by atoms with E-state index in [4.69, 9.17) is 4.74 Å². The van der Waals surface area contributed by atoms with Gasteiger partial charge in [-0.1, -0.05) is 23.5 Å². The summed E-state index contributed by atoms with van der Waals surface area (Å²) in [7, 11) is 0. The van der Waals surface area contributed by atoms with Crippen LogP contribution in [0.1, 0.15) is 51.0 Å². The molecule has 1 fully saturated rings. The molecule has 2 aromatic carbocycles. The predicted molar refractivity (Wildman–Crippen MR) is 115 cm³/mol. The van der Waals surface area contributed by atoms with Crippen LogP contribution >= 0.6 is 11.3 Å². The highest BCUT2D eigenvalue weighted by atomic mass is 32.1. The third-order valence-corrected chi connectivity index (χ3v) is 5.98. The number of anilines is 1. The lowest BCUT2D eigenvalue weighted by Gasteiger charge is -2.23. The molecule has 0 bridgehead atoms. The molecule has 0 spiro atoms. The van der Waals surface area contributed by atoms with Gasteiger partial charge in [0.25, 0.3) is 11.8 Å². The average molecular weight is 441 g/mol. The molecule has 1 atom stereocenters. The Kier molecular flexibility index (Phi) is 6.22. The number of carbonyl (C=O) groups excluding carboxylic acids is 2. The molecule has 4 rings (SSSR count). The van der Waals surface area contributed by atoms with Crippen molar-refractivity contribution in [3.05, 3.63) is 69.9 Å². The van der Waals surface area contributed by atoms with Gasteiger partial charge in [0, 0.05) is 12.2 Å². The van der Waals surface area contributed by atoms with E-state index < -0.39 is 5.91 Å². The van der Waals surface area contributed by atoms with E-state index in [-0.39, 0.29) is 22.8 Å². The van der Waals surface area contributed by atoms with E-state index >= 15 is 0 Å². The number of nitrogens with one attached hydrogen (secondary N) is 1. The van der Waals surface area contributed by atoms with Gasteiger partial charge < -0.3 is 15.0 Å². The van der Waals surface area contributed by atoms with Crippen LogP contribution in [0.25, 0.3) is 0 Å². The number of carbonyl (C=O) groups is 2. The molecule has 1 aromatic heterocycles. The lowest BCUT2D eigenvalue weighted by atomic mass is 10.1. The SMILES string of the molecule is CCOc1ccccc1C(=O)N1CCC[C@@H]1c1nnc(C(=O)Nc2ccc(F)cc2)s1. The van der Waals surface area contributed by atoms with E-state index in [1.807, 2.05) is 19.1 Å². The van der Waals surface area contributed by atoms with Gasteiger partial charge in [0.15, 0.2) is 0 Å². The molecule has 1 saturated heterocycles. The highest BCUT2D eigenvalue weighted by Crippen LogP contribution is 2.36. The molecule has 7 nitrogen and oxygen atoms in total. The first-order valence-electron chi connectivity index (χ1n) is 10.00. The predicted octanol–water partition coefficient (Wildman–Crippen LogP) is 4.31. The summed E-state index contributed by atoms with van der Waals surface area (Å²) in [6.45, 7) is 2.94. The Morgan fingerprint density at radius 2 is 1.97 bits per heavy atom. The van der Waals surface area contributed by atoms with Gasteiger partial charge in [-0.3, -0.25) is 9.59 Å². The van der Waals surface area contributed by atoms with Crippen LogP contribution in [0.15, 0.2) is 48.5 Å². The highest BCUT2D eigenvalue weighted by molar-refractivity contribution is 7.13. The summed E-state index contributed by atoms with van der Waals surface area (Å²) in [5.41, 5.74) is 0.975. The second-order valence-corrected chi connectivity index (χ2v) is 8.00. The lowest BCUT2D eigenvalue weighted by molar-refractivity contribution is 0.0730. The molecule has 160 valence electrons. The fourth-order valence-corrected chi connectivity index (χ4v) is 4.41. The van der Waals surface area contributed by atoms with Gasteiger partial charge in [-0.05, 0) is 56.2 Å².